The molecule has 1 aliphatic heterocycles. The summed E-state index contributed by atoms with van der Waals surface area (Å²) in [5.41, 5.74) is 0. The van der Waals surface area contributed by atoms with E-state index in [0.29, 0.717) is 31.4 Å². The molecule has 0 spiro atoms. The van der Waals surface area contributed by atoms with Crippen molar-refractivity contribution in [1.82, 2.24) is 15.5 Å². The first-order chi connectivity index (χ1) is 11.6. The normalized spacial score (nSPS) is 15.3. The van der Waals surface area contributed by atoms with E-state index in [-0.39, 0.29) is 48.3 Å². The quantitative estimate of drug-likeness (QED) is 0.292. The molecule has 25 heavy (non-hydrogen) atoms. The summed E-state index contributed by atoms with van der Waals surface area (Å²) in [6.07, 6.45) is 3.01. The van der Waals surface area contributed by atoms with Crippen LogP contribution in [0.3, 0.4) is 0 Å². The third-order valence-electron chi connectivity index (χ3n) is 3.99. The van der Waals surface area contributed by atoms with Crippen LogP contribution in [0.5, 0.6) is 0 Å². The molecule has 9 heteroatoms. The Kier molecular flexibility index (Phi) is 9.32. The van der Waals surface area contributed by atoms with Gasteiger partial charge in [0.2, 0.25) is 5.91 Å². The van der Waals surface area contributed by atoms with E-state index in [0.717, 1.165) is 12.8 Å². The van der Waals surface area contributed by atoms with Crippen LogP contribution in [-0.4, -0.2) is 56.5 Å². The number of ether oxygens (including phenoxy) is 1. The minimum atomic E-state index is -0.157. The molecule has 1 amide bonds. The van der Waals surface area contributed by atoms with Crippen LogP contribution in [0.2, 0.25) is 0 Å². The fourth-order valence-electron chi connectivity index (χ4n) is 2.65. The van der Waals surface area contributed by atoms with Crippen molar-refractivity contribution >= 4 is 41.8 Å². The predicted molar refractivity (Wildman–Crippen MR) is 104 cm³/mol. The Morgan fingerprint density at radius 2 is 2.08 bits per heavy atom. The number of nitrogens with one attached hydrogen (secondary N) is 2. The van der Waals surface area contributed by atoms with Crippen LogP contribution < -0.4 is 10.6 Å². The second-order valence-corrected chi connectivity index (χ2v) is 5.54. The van der Waals surface area contributed by atoms with Crippen molar-refractivity contribution in [2.45, 2.75) is 19.4 Å². The molecule has 1 aliphatic rings. The minimum Gasteiger partial charge on any atom is -0.469 e. The van der Waals surface area contributed by atoms with Crippen molar-refractivity contribution < 1.29 is 18.7 Å². The van der Waals surface area contributed by atoms with Gasteiger partial charge < -0.3 is 24.7 Å². The first-order valence-electron chi connectivity index (χ1n) is 7.96. The highest BCUT2D eigenvalue weighted by Gasteiger charge is 2.27. The Labute approximate surface area is 164 Å². The van der Waals surface area contributed by atoms with Gasteiger partial charge in [0.05, 0.1) is 32.4 Å². The molecule has 0 atom stereocenters. The third kappa shape index (κ3) is 6.56. The van der Waals surface area contributed by atoms with Crippen molar-refractivity contribution in [2.24, 2.45) is 10.9 Å². The molecule has 1 aromatic heterocycles. The molecular formula is C16H25IN4O4. The van der Waals surface area contributed by atoms with Gasteiger partial charge in [-0.3, -0.25) is 14.6 Å². The second-order valence-electron chi connectivity index (χ2n) is 5.54. The van der Waals surface area contributed by atoms with E-state index in [1.54, 1.807) is 25.4 Å². The number of methoxy groups -OCH3 is 1. The topological polar surface area (TPSA) is 96.2 Å². The molecule has 1 fully saturated rings. The summed E-state index contributed by atoms with van der Waals surface area (Å²) in [6, 6.07) is 3.58. The van der Waals surface area contributed by atoms with Crippen LogP contribution in [0, 0.1) is 5.92 Å². The van der Waals surface area contributed by atoms with Gasteiger partial charge in [0.1, 0.15) is 5.76 Å². The highest BCUT2D eigenvalue weighted by Crippen LogP contribution is 2.18. The van der Waals surface area contributed by atoms with Gasteiger partial charge in [0.25, 0.3) is 0 Å². The lowest BCUT2D eigenvalue weighted by Crippen LogP contribution is -2.49. The van der Waals surface area contributed by atoms with Gasteiger partial charge in [0.15, 0.2) is 5.96 Å². The van der Waals surface area contributed by atoms with Crippen LogP contribution in [0.25, 0.3) is 0 Å². The van der Waals surface area contributed by atoms with Gasteiger partial charge in [-0.15, -0.1) is 24.0 Å². The molecule has 8 nitrogen and oxygen atoms in total. The Balaban J connectivity index is 0.00000312. The average Bonchev–Trinajstić information content (AvgIpc) is 3.14. The lowest BCUT2D eigenvalue weighted by Gasteiger charge is -2.33. The molecule has 0 unspecified atom stereocenters. The van der Waals surface area contributed by atoms with Crippen LogP contribution in [0.4, 0.5) is 0 Å². The Hall–Kier alpha value is -1.78. The lowest BCUT2D eigenvalue weighted by molar-refractivity contribution is -0.146. The number of esters is 1. The molecule has 0 bridgehead atoms. The number of aliphatic imine (C=N–C) groups is 1. The number of guanidine groups is 1. The number of hydrogen-bond donors (Lipinski definition) is 2. The van der Waals surface area contributed by atoms with Gasteiger partial charge in [-0.1, -0.05) is 0 Å². The summed E-state index contributed by atoms with van der Waals surface area (Å²) >= 11 is 0. The van der Waals surface area contributed by atoms with E-state index in [2.05, 4.69) is 15.6 Å². The third-order valence-corrected chi connectivity index (χ3v) is 3.99. The number of carbonyl (C=O) groups excluding carboxylic acids is 2. The first-order valence-corrected chi connectivity index (χ1v) is 7.96. The van der Waals surface area contributed by atoms with Gasteiger partial charge >= 0.3 is 5.97 Å². The molecule has 2 heterocycles. The Morgan fingerprint density at radius 3 is 2.64 bits per heavy atom. The van der Waals surface area contributed by atoms with Gasteiger partial charge in [0, 0.05) is 20.1 Å². The van der Waals surface area contributed by atoms with E-state index in [1.165, 1.54) is 7.11 Å². The average molecular weight is 464 g/mol. The molecule has 2 rings (SSSR count). The fraction of sp³-hybridized carbons (Fsp3) is 0.562. The summed E-state index contributed by atoms with van der Waals surface area (Å²) in [7, 11) is 3.09. The van der Waals surface area contributed by atoms with Crippen LogP contribution in [-0.2, 0) is 20.9 Å². The maximum Gasteiger partial charge on any atom is 0.308 e. The fourth-order valence-corrected chi connectivity index (χ4v) is 2.65. The zero-order valence-corrected chi connectivity index (χ0v) is 16.8. The summed E-state index contributed by atoms with van der Waals surface area (Å²) in [5.74, 6) is 1.01. The summed E-state index contributed by atoms with van der Waals surface area (Å²) < 4.78 is 9.94. The Morgan fingerprint density at radius 1 is 1.36 bits per heavy atom. The second kappa shape index (κ2) is 11.0. The van der Waals surface area contributed by atoms with E-state index in [1.807, 2.05) is 4.90 Å². The molecule has 1 aromatic rings. The van der Waals surface area contributed by atoms with Crippen molar-refractivity contribution in [3.05, 3.63) is 24.2 Å². The summed E-state index contributed by atoms with van der Waals surface area (Å²) in [4.78, 5) is 29.7. The summed E-state index contributed by atoms with van der Waals surface area (Å²) in [6.45, 7) is 1.89. The molecule has 1 saturated heterocycles. The maximum atomic E-state index is 11.9. The Bertz CT molecular complexity index is 569. The number of carbonyl (C=O) groups is 2. The zero-order chi connectivity index (χ0) is 17.4. The SMILES string of the molecule is CN=C(NCC(=O)NCc1ccco1)N1CCC(C(=O)OC)CC1.I. The smallest absolute Gasteiger partial charge is 0.308 e. The minimum absolute atomic E-state index is 0. The molecule has 140 valence electrons. The van der Waals surface area contributed by atoms with Gasteiger partial charge in [-0.2, -0.15) is 0 Å². The number of furan rings is 1. The van der Waals surface area contributed by atoms with E-state index in [4.69, 9.17) is 9.15 Å². The molecule has 0 aliphatic carbocycles. The highest BCUT2D eigenvalue weighted by atomic mass is 127. The predicted octanol–water partition coefficient (Wildman–Crippen LogP) is 0.974. The van der Waals surface area contributed by atoms with E-state index in [9.17, 15) is 9.59 Å². The molecule has 0 aromatic carbocycles. The first kappa shape index (κ1) is 21.3. The van der Waals surface area contributed by atoms with Crippen molar-refractivity contribution in [3.63, 3.8) is 0 Å². The van der Waals surface area contributed by atoms with Gasteiger partial charge in [-0.05, 0) is 25.0 Å². The van der Waals surface area contributed by atoms with Crippen LogP contribution in [0.1, 0.15) is 18.6 Å². The van der Waals surface area contributed by atoms with Crippen molar-refractivity contribution in [2.75, 3.05) is 33.8 Å². The molecule has 0 saturated carbocycles. The zero-order valence-electron chi connectivity index (χ0n) is 14.5. The van der Waals surface area contributed by atoms with E-state index >= 15 is 0 Å². The summed E-state index contributed by atoms with van der Waals surface area (Å²) in [5, 5.41) is 5.81. The number of piperidine rings is 1. The van der Waals surface area contributed by atoms with E-state index < -0.39 is 0 Å². The van der Waals surface area contributed by atoms with Crippen LogP contribution in [0.15, 0.2) is 27.8 Å². The standard InChI is InChI=1S/C16H24N4O4.HI/c1-17-16(20-7-5-12(6-8-20)15(22)23-2)19-11-14(21)18-10-13-4-3-9-24-13;/h3-4,9,12H,5-8,10-11H2,1-2H3,(H,17,19)(H,18,21);1H. The maximum absolute atomic E-state index is 11.9. The van der Waals surface area contributed by atoms with Crippen molar-refractivity contribution in [1.29, 1.82) is 0 Å². The van der Waals surface area contributed by atoms with Crippen molar-refractivity contribution in [3.8, 4) is 0 Å². The molecular weight excluding hydrogens is 439 g/mol. The van der Waals surface area contributed by atoms with Crippen LogP contribution >= 0.6 is 24.0 Å². The number of nitrogens with zero attached hydrogens (tertiary/aromatic N) is 2. The molecule has 2 N–H and O–H groups in total. The monoisotopic (exact) mass is 464 g/mol. The number of rotatable bonds is 5. The highest BCUT2D eigenvalue weighted by molar-refractivity contribution is 14.0. The number of hydrogen-bond acceptors (Lipinski definition) is 5. The largest absolute Gasteiger partial charge is 0.469 e. The lowest BCUT2D eigenvalue weighted by atomic mass is 9.97. The number of likely N-dealkylation sites (tertiary alicyclic amines) is 1. The molecule has 0 radical (unpaired) electrons. The van der Waals surface area contributed by atoms with Gasteiger partial charge in [-0.25, -0.2) is 0 Å². The number of halogens is 1. The number of amides is 1.